The zero-order valence-electron chi connectivity index (χ0n) is 11.1. The van der Waals surface area contributed by atoms with Crippen LogP contribution in [0, 0.1) is 0 Å². The van der Waals surface area contributed by atoms with E-state index in [-0.39, 0.29) is 18.0 Å². The third-order valence-corrected chi connectivity index (χ3v) is 2.33. The van der Waals surface area contributed by atoms with E-state index in [9.17, 15) is 19.2 Å². The number of H-pyrrole nitrogens is 2. The van der Waals surface area contributed by atoms with Crippen molar-refractivity contribution in [2.24, 2.45) is 5.10 Å². The first-order valence-electron chi connectivity index (χ1n) is 6.02. The van der Waals surface area contributed by atoms with E-state index in [1.807, 2.05) is 4.98 Å². The summed E-state index contributed by atoms with van der Waals surface area (Å²) in [6.45, 7) is -0.317. The molecule has 114 valence electrons. The van der Waals surface area contributed by atoms with Gasteiger partial charge in [0.15, 0.2) is 5.76 Å². The molecule has 0 unspecified atom stereocenters. The van der Waals surface area contributed by atoms with Crippen molar-refractivity contribution < 1.29 is 14.0 Å². The minimum Gasteiger partial charge on any atom is -0.459 e. The van der Waals surface area contributed by atoms with Gasteiger partial charge < -0.3 is 14.7 Å². The van der Waals surface area contributed by atoms with Gasteiger partial charge in [0, 0.05) is 6.07 Å². The van der Waals surface area contributed by atoms with Crippen LogP contribution in [0.15, 0.2) is 43.6 Å². The van der Waals surface area contributed by atoms with Gasteiger partial charge in [-0.05, 0) is 12.1 Å². The van der Waals surface area contributed by atoms with Crippen LogP contribution >= 0.6 is 0 Å². The van der Waals surface area contributed by atoms with Gasteiger partial charge >= 0.3 is 5.69 Å². The molecule has 10 nitrogen and oxygen atoms in total. The van der Waals surface area contributed by atoms with Crippen molar-refractivity contribution in [3.05, 3.63) is 56.8 Å². The highest BCUT2D eigenvalue weighted by atomic mass is 16.3. The second-order valence-electron chi connectivity index (χ2n) is 4.00. The van der Waals surface area contributed by atoms with E-state index in [1.54, 1.807) is 6.07 Å². The van der Waals surface area contributed by atoms with Crippen molar-refractivity contribution in [3.63, 3.8) is 0 Å². The number of carbonyl (C=O) groups excluding carboxylic acids is 2. The summed E-state index contributed by atoms with van der Waals surface area (Å²) in [5.41, 5.74) is 0.957. The van der Waals surface area contributed by atoms with Gasteiger partial charge in [-0.3, -0.25) is 19.4 Å². The first-order chi connectivity index (χ1) is 10.5. The molecular formula is C12H11N5O5. The molecule has 0 atom stereocenters. The highest BCUT2D eigenvalue weighted by Crippen LogP contribution is 1.98. The SMILES string of the molecule is O=C(CNC(=O)c1ccco1)NN=Cc1cc(=O)[nH]c(=O)[nH]1. The summed E-state index contributed by atoms with van der Waals surface area (Å²) in [4.78, 5) is 49.2. The maximum atomic E-state index is 11.5. The molecule has 2 aromatic heterocycles. The van der Waals surface area contributed by atoms with Gasteiger partial charge in [0.25, 0.3) is 17.4 Å². The third-order valence-electron chi connectivity index (χ3n) is 2.33. The first kappa shape index (κ1) is 15.0. The molecule has 2 aromatic rings. The van der Waals surface area contributed by atoms with Crippen molar-refractivity contribution >= 4 is 18.0 Å². The summed E-state index contributed by atoms with van der Waals surface area (Å²) in [5.74, 6) is -1.05. The Balaban J connectivity index is 1.82. The lowest BCUT2D eigenvalue weighted by molar-refractivity contribution is -0.120. The van der Waals surface area contributed by atoms with Crippen LogP contribution in [-0.2, 0) is 4.79 Å². The molecule has 4 N–H and O–H groups in total. The largest absolute Gasteiger partial charge is 0.459 e. The van der Waals surface area contributed by atoms with Crippen LogP contribution in [0.3, 0.4) is 0 Å². The highest BCUT2D eigenvalue weighted by molar-refractivity contribution is 5.94. The van der Waals surface area contributed by atoms with Crippen LogP contribution in [0.2, 0.25) is 0 Å². The Hall–Kier alpha value is -3.43. The molecule has 0 saturated heterocycles. The van der Waals surface area contributed by atoms with Gasteiger partial charge in [0.2, 0.25) is 0 Å². The summed E-state index contributed by atoms with van der Waals surface area (Å²) in [7, 11) is 0. The molecular weight excluding hydrogens is 294 g/mol. The fourth-order valence-corrected chi connectivity index (χ4v) is 1.43. The van der Waals surface area contributed by atoms with E-state index in [4.69, 9.17) is 4.42 Å². The fourth-order valence-electron chi connectivity index (χ4n) is 1.43. The molecule has 10 heteroatoms. The second-order valence-corrected chi connectivity index (χ2v) is 4.00. The average molecular weight is 305 g/mol. The lowest BCUT2D eigenvalue weighted by atomic mass is 10.4. The maximum absolute atomic E-state index is 11.5. The molecule has 0 aliphatic rings. The Bertz CT molecular complexity index is 774. The smallest absolute Gasteiger partial charge is 0.326 e. The quantitative estimate of drug-likeness (QED) is 0.393. The zero-order chi connectivity index (χ0) is 15.9. The van der Waals surface area contributed by atoms with Gasteiger partial charge in [0.05, 0.1) is 24.7 Å². The van der Waals surface area contributed by atoms with E-state index < -0.39 is 23.1 Å². The van der Waals surface area contributed by atoms with E-state index >= 15 is 0 Å². The Labute approximate surface area is 122 Å². The molecule has 22 heavy (non-hydrogen) atoms. The standard InChI is InChI=1S/C12H11N5O5/c18-9-4-7(15-12(21)16-9)5-14-17-10(19)6-13-11(20)8-2-1-3-22-8/h1-5H,6H2,(H,13,20)(H,17,19)(H2,15,16,18,21). The fraction of sp³-hybridized carbons (Fsp3) is 0.0833. The van der Waals surface area contributed by atoms with Crippen molar-refractivity contribution in [2.75, 3.05) is 6.54 Å². The Morgan fingerprint density at radius 3 is 2.82 bits per heavy atom. The maximum Gasteiger partial charge on any atom is 0.326 e. The molecule has 0 fully saturated rings. The van der Waals surface area contributed by atoms with Crippen LogP contribution in [0.5, 0.6) is 0 Å². The normalized spacial score (nSPS) is 10.5. The molecule has 0 saturated carbocycles. The molecule has 0 aromatic carbocycles. The number of nitrogens with zero attached hydrogens (tertiary/aromatic N) is 1. The molecule has 2 amide bonds. The third kappa shape index (κ3) is 4.30. The number of furan rings is 1. The Morgan fingerprint density at radius 1 is 1.32 bits per heavy atom. The predicted octanol–water partition coefficient (Wildman–Crippen LogP) is -1.46. The van der Waals surface area contributed by atoms with Crippen LogP contribution < -0.4 is 22.0 Å². The number of amides is 2. The van der Waals surface area contributed by atoms with E-state index in [0.29, 0.717) is 0 Å². The number of hydrogen-bond acceptors (Lipinski definition) is 6. The minimum absolute atomic E-state index is 0.0809. The number of carbonyl (C=O) groups is 2. The van der Waals surface area contributed by atoms with Crippen molar-refractivity contribution in [2.45, 2.75) is 0 Å². The molecule has 2 heterocycles. The number of nitrogens with one attached hydrogen (secondary N) is 4. The summed E-state index contributed by atoms with van der Waals surface area (Å²) in [6, 6.07) is 4.09. The Morgan fingerprint density at radius 2 is 2.14 bits per heavy atom. The van der Waals surface area contributed by atoms with Gasteiger partial charge in [-0.2, -0.15) is 5.10 Å². The molecule has 0 bridgehead atoms. The van der Waals surface area contributed by atoms with Crippen molar-refractivity contribution in [3.8, 4) is 0 Å². The van der Waals surface area contributed by atoms with Crippen LogP contribution in [-0.4, -0.2) is 34.5 Å². The van der Waals surface area contributed by atoms with Gasteiger partial charge in [-0.15, -0.1) is 0 Å². The topological polar surface area (TPSA) is 149 Å². The number of rotatable bonds is 5. The monoisotopic (exact) mass is 305 g/mol. The van der Waals surface area contributed by atoms with Crippen LogP contribution in [0.25, 0.3) is 0 Å². The molecule has 0 spiro atoms. The molecule has 0 radical (unpaired) electrons. The number of aromatic amines is 2. The van der Waals surface area contributed by atoms with Crippen LogP contribution in [0.1, 0.15) is 16.2 Å². The van der Waals surface area contributed by atoms with E-state index in [2.05, 4.69) is 20.8 Å². The van der Waals surface area contributed by atoms with Gasteiger partial charge in [0.1, 0.15) is 0 Å². The predicted molar refractivity (Wildman–Crippen MR) is 74.5 cm³/mol. The summed E-state index contributed by atoms with van der Waals surface area (Å²) in [5, 5.41) is 5.86. The Kier molecular flexibility index (Phi) is 4.65. The molecule has 0 aliphatic carbocycles. The van der Waals surface area contributed by atoms with Gasteiger partial charge in [-0.1, -0.05) is 0 Å². The van der Waals surface area contributed by atoms with Crippen molar-refractivity contribution in [1.29, 1.82) is 0 Å². The summed E-state index contributed by atoms with van der Waals surface area (Å²) >= 11 is 0. The highest BCUT2D eigenvalue weighted by Gasteiger charge is 2.09. The van der Waals surface area contributed by atoms with E-state index in [0.717, 1.165) is 12.3 Å². The first-order valence-corrected chi connectivity index (χ1v) is 6.02. The minimum atomic E-state index is -0.689. The molecule has 2 rings (SSSR count). The number of aromatic nitrogens is 2. The lowest BCUT2D eigenvalue weighted by Crippen LogP contribution is -2.34. The number of hydrazone groups is 1. The number of hydrogen-bond donors (Lipinski definition) is 4. The molecule has 0 aliphatic heterocycles. The second kappa shape index (κ2) is 6.83. The van der Waals surface area contributed by atoms with Crippen LogP contribution in [0.4, 0.5) is 0 Å². The average Bonchev–Trinajstić information content (AvgIpc) is 2.98. The lowest BCUT2D eigenvalue weighted by Gasteiger charge is -2.01. The van der Waals surface area contributed by atoms with Crippen molar-refractivity contribution in [1.82, 2.24) is 20.7 Å². The van der Waals surface area contributed by atoms with E-state index in [1.165, 1.54) is 12.3 Å². The summed E-state index contributed by atoms with van der Waals surface area (Å²) in [6.07, 6.45) is 2.42. The summed E-state index contributed by atoms with van der Waals surface area (Å²) < 4.78 is 4.85. The van der Waals surface area contributed by atoms with Gasteiger partial charge in [-0.25, -0.2) is 10.2 Å². The zero-order valence-corrected chi connectivity index (χ0v) is 11.1.